The molecule has 12 N–H and O–H groups in total. The third-order valence-electron chi connectivity index (χ3n) is 13.4. The van der Waals surface area contributed by atoms with Crippen molar-refractivity contribution in [3.05, 3.63) is 95.2 Å². The topological polar surface area (TPSA) is 381 Å². The molecule has 3 aromatic rings. The summed E-state index contributed by atoms with van der Waals surface area (Å²) < 4.78 is 52.5. The molecule has 0 spiro atoms. The summed E-state index contributed by atoms with van der Waals surface area (Å²) >= 11 is 0. The van der Waals surface area contributed by atoms with E-state index in [0.29, 0.717) is 0 Å². The molecule has 0 radical (unpaired) electrons. The van der Waals surface area contributed by atoms with Crippen molar-refractivity contribution in [3.63, 3.8) is 0 Å². The van der Waals surface area contributed by atoms with E-state index in [9.17, 15) is 75.7 Å². The molecule has 17 atom stereocenters. The molecule has 1 aromatic heterocycles. The number of allylic oxidation sites excluding steroid dienone is 2. The summed E-state index contributed by atoms with van der Waals surface area (Å²) in [5.41, 5.74) is -3.69. The Balaban J connectivity index is 1.31. The molecule has 24 heteroatoms. The summed E-state index contributed by atoms with van der Waals surface area (Å²) in [5, 5.41) is 129. The predicted molar refractivity (Wildman–Crippen MR) is 267 cm³/mol. The average Bonchev–Trinajstić information content (AvgIpc) is 3.41. The van der Waals surface area contributed by atoms with Crippen molar-refractivity contribution in [1.29, 1.82) is 0 Å². The molecular formula is C53H68O24. The van der Waals surface area contributed by atoms with Crippen LogP contribution in [0.5, 0.6) is 23.0 Å². The lowest BCUT2D eigenvalue weighted by atomic mass is 9.97. The fourth-order valence-electron chi connectivity index (χ4n) is 8.35. The highest BCUT2D eigenvalue weighted by molar-refractivity contribution is 5.89. The monoisotopic (exact) mass is 1090 g/mol. The lowest BCUT2D eigenvalue weighted by molar-refractivity contribution is -0.358. The number of rotatable bonds is 21. The Hall–Kier alpha value is -5.81. The normalized spacial score (nSPS) is 31.6. The zero-order chi connectivity index (χ0) is 56.8. The Kier molecular flexibility index (Phi) is 19.9. The maximum Gasteiger partial charge on any atom is 0.333 e. The minimum atomic E-state index is -2.10. The zero-order valence-corrected chi connectivity index (χ0v) is 42.9. The van der Waals surface area contributed by atoms with Crippen LogP contribution in [-0.2, 0) is 38.0 Å². The standard InChI is InChI=1S/C53H68O24/c1-8-52(6,67)18-10-12-24(3)47(65)69-23-33-37(59)39(61)42(64)49(74-33)77-46-41(63)36(58)32(22-54)73-51(46)76-44-38(60)34-30(56)20-29(21-31(34)72-43(44)27-14-16-28(55)17-15-27)71-50-45(40(62)35(57)26(5)70-50)75-48(66)25(4)13-11-19-53(7,68)9-2/h8-9,12-17,20-21,26,32-33,35-37,39-42,45-46,49-51,54-59,61-64,67-68H,1-2,10-11,18-19,22-23H2,3-7H3/b24-12+,25-13+/t26-,32+,33-,35-,36+,37-,39+,40+,41-,42-,45+,46+,49+,50+,51-,52?,53?/m0/s1. The molecule has 2 aromatic carbocycles. The maximum atomic E-state index is 14.7. The number of aliphatic hydroxyl groups excluding tert-OH is 8. The molecule has 424 valence electrons. The van der Waals surface area contributed by atoms with Crippen LogP contribution in [0.3, 0.4) is 0 Å². The predicted octanol–water partition coefficient (Wildman–Crippen LogP) is 0.509. The van der Waals surface area contributed by atoms with Crippen molar-refractivity contribution < 1.29 is 113 Å². The maximum absolute atomic E-state index is 14.7. The molecule has 3 aliphatic rings. The molecule has 3 aliphatic heterocycles. The van der Waals surface area contributed by atoms with Crippen molar-refractivity contribution >= 4 is 22.9 Å². The van der Waals surface area contributed by atoms with Crippen LogP contribution in [0, 0.1) is 0 Å². The zero-order valence-electron chi connectivity index (χ0n) is 42.9. The first-order valence-corrected chi connectivity index (χ1v) is 24.6. The van der Waals surface area contributed by atoms with E-state index in [1.807, 2.05) is 0 Å². The van der Waals surface area contributed by atoms with Crippen LogP contribution in [-0.4, -0.2) is 190 Å². The highest BCUT2D eigenvalue weighted by Crippen LogP contribution is 2.40. The van der Waals surface area contributed by atoms with Gasteiger partial charge in [-0.25, -0.2) is 9.59 Å². The number of ether oxygens (including phenoxy) is 8. The van der Waals surface area contributed by atoms with Gasteiger partial charge in [-0.15, -0.1) is 13.2 Å². The number of carbonyl (C=O) groups is 2. The second-order valence-corrected chi connectivity index (χ2v) is 19.6. The summed E-state index contributed by atoms with van der Waals surface area (Å²) in [6.45, 7) is 12.8. The van der Waals surface area contributed by atoms with E-state index < -0.39 is 162 Å². The number of aromatic hydroxyl groups is 2. The molecule has 0 bridgehead atoms. The molecule has 24 nitrogen and oxygen atoms in total. The van der Waals surface area contributed by atoms with Gasteiger partial charge in [0.1, 0.15) is 89.8 Å². The Morgan fingerprint density at radius 2 is 1.26 bits per heavy atom. The minimum absolute atomic E-state index is 0.0366. The van der Waals surface area contributed by atoms with Crippen molar-refractivity contribution in [2.24, 2.45) is 0 Å². The van der Waals surface area contributed by atoms with Crippen LogP contribution < -0.4 is 14.9 Å². The van der Waals surface area contributed by atoms with E-state index in [-0.39, 0.29) is 53.9 Å². The third-order valence-corrected chi connectivity index (χ3v) is 13.4. The Labute approximate surface area is 441 Å². The fraction of sp³-hybridized carbons (Fsp3) is 0.528. The Bertz CT molecular complexity index is 2680. The van der Waals surface area contributed by atoms with Gasteiger partial charge in [-0.1, -0.05) is 24.3 Å². The van der Waals surface area contributed by atoms with E-state index >= 15 is 0 Å². The van der Waals surface area contributed by atoms with E-state index in [1.54, 1.807) is 0 Å². The van der Waals surface area contributed by atoms with Crippen LogP contribution in [0.15, 0.2) is 94.2 Å². The smallest absolute Gasteiger partial charge is 0.333 e. The van der Waals surface area contributed by atoms with Crippen LogP contribution in [0.1, 0.15) is 60.3 Å². The number of carbonyl (C=O) groups excluding carboxylic acids is 2. The van der Waals surface area contributed by atoms with Gasteiger partial charge in [0.25, 0.3) is 0 Å². The summed E-state index contributed by atoms with van der Waals surface area (Å²) in [5.74, 6) is -4.31. The molecule has 0 aliphatic carbocycles. The lowest BCUT2D eigenvalue weighted by Gasteiger charge is -2.45. The molecule has 3 fully saturated rings. The first-order valence-electron chi connectivity index (χ1n) is 24.6. The SMILES string of the molecule is C=CC(C)(O)CC/C=C(\C)C(=O)OC[C@@H]1O[C@H](O[C@H]2[C@H](Oc3c(-c4ccc(O)cc4)oc4cc(O[C@H]5O[C@@H](C)[C@H](O)[C@@H](O)[C@H]5OC(=O)/C(C)=C/CCC(C)(O)C=C)cc(O)c4c3=O)O[C@H](CO)[C@@H](O)[C@@H]2O)[C@@H](O)[C@H](O)[C@H]1O. The first kappa shape index (κ1) is 60.4. The molecule has 77 heavy (non-hydrogen) atoms. The second-order valence-electron chi connectivity index (χ2n) is 19.6. The largest absolute Gasteiger partial charge is 0.508 e. The minimum Gasteiger partial charge on any atom is -0.508 e. The number of hydrogen-bond donors (Lipinski definition) is 12. The molecule has 2 unspecified atom stereocenters. The van der Waals surface area contributed by atoms with Gasteiger partial charge in [-0.3, -0.25) is 4.79 Å². The van der Waals surface area contributed by atoms with Crippen LogP contribution >= 0.6 is 0 Å². The number of phenolic OH excluding ortho intramolecular Hbond substituents is 2. The first-order chi connectivity index (χ1) is 36.2. The number of fused-ring (bicyclic) bond motifs is 1. The molecule has 6 rings (SSSR count). The van der Waals surface area contributed by atoms with Crippen molar-refractivity contribution in [1.82, 2.24) is 0 Å². The van der Waals surface area contributed by atoms with Crippen molar-refractivity contribution in [2.45, 2.75) is 164 Å². The van der Waals surface area contributed by atoms with Gasteiger partial charge in [0.2, 0.25) is 23.8 Å². The summed E-state index contributed by atoms with van der Waals surface area (Å²) in [7, 11) is 0. The van der Waals surface area contributed by atoms with E-state index in [1.165, 1.54) is 83.2 Å². The quantitative estimate of drug-likeness (QED) is 0.0393. The van der Waals surface area contributed by atoms with Gasteiger partial charge in [-0.2, -0.15) is 0 Å². The van der Waals surface area contributed by atoms with Crippen LogP contribution in [0.4, 0.5) is 0 Å². The van der Waals surface area contributed by atoms with Crippen molar-refractivity contribution in [3.8, 4) is 34.3 Å². The number of aliphatic hydroxyl groups is 10. The van der Waals surface area contributed by atoms with Gasteiger partial charge in [0.05, 0.1) is 23.9 Å². The highest BCUT2D eigenvalue weighted by Gasteiger charge is 2.52. The fourth-order valence-corrected chi connectivity index (χ4v) is 8.35. The van der Waals surface area contributed by atoms with Gasteiger partial charge >= 0.3 is 11.9 Å². The number of benzene rings is 2. The van der Waals surface area contributed by atoms with E-state index in [0.717, 1.165) is 12.1 Å². The summed E-state index contributed by atoms with van der Waals surface area (Å²) in [6, 6.07) is 7.11. The van der Waals surface area contributed by atoms with Gasteiger partial charge in [0, 0.05) is 28.8 Å². The highest BCUT2D eigenvalue weighted by atomic mass is 16.8. The summed E-state index contributed by atoms with van der Waals surface area (Å²) in [4.78, 5) is 40.8. The number of hydrogen-bond acceptors (Lipinski definition) is 24. The van der Waals surface area contributed by atoms with Gasteiger partial charge in [0.15, 0.2) is 24.3 Å². The van der Waals surface area contributed by atoms with Crippen molar-refractivity contribution in [2.75, 3.05) is 13.2 Å². The van der Waals surface area contributed by atoms with Crippen LogP contribution in [0.25, 0.3) is 22.3 Å². The second kappa shape index (κ2) is 25.3. The molecule has 0 amide bonds. The Morgan fingerprint density at radius 3 is 1.86 bits per heavy atom. The third kappa shape index (κ3) is 14.3. The van der Waals surface area contributed by atoms with Gasteiger partial charge in [-0.05, 0) is 84.6 Å². The Morgan fingerprint density at radius 1 is 0.701 bits per heavy atom. The van der Waals surface area contributed by atoms with Gasteiger partial charge < -0.3 is 104 Å². The summed E-state index contributed by atoms with van der Waals surface area (Å²) in [6.07, 6.45) is -20.5. The lowest BCUT2D eigenvalue weighted by Crippen LogP contribution is -2.65. The van der Waals surface area contributed by atoms with E-state index in [4.69, 9.17) is 42.3 Å². The molecule has 4 heterocycles. The average molecular weight is 1090 g/mol. The molecule has 0 saturated carbocycles. The molecular weight excluding hydrogens is 1020 g/mol. The van der Waals surface area contributed by atoms with Crippen LogP contribution in [0.2, 0.25) is 0 Å². The molecule has 3 saturated heterocycles. The number of phenols is 2. The number of esters is 2. The van der Waals surface area contributed by atoms with E-state index in [2.05, 4.69) is 13.2 Å².